The summed E-state index contributed by atoms with van der Waals surface area (Å²) in [6.45, 7) is 0.217. The molecule has 1 aliphatic rings. The summed E-state index contributed by atoms with van der Waals surface area (Å²) < 4.78 is 41.0. The van der Waals surface area contributed by atoms with E-state index in [2.05, 4.69) is 4.98 Å². The van der Waals surface area contributed by atoms with Gasteiger partial charge in [-0.3, -0.25) is 9.78 Å². The predicted octanol–water partition coefficient (Wildman–Crippen LogP) is 1.40. The molecule has 2 aromatic rings. The summed E-state index contributed by atoms with van der Waals surface area (Å²) in [5.41, 5.74) is 5.34. The Kier molecular flexibility index (Phi) is 4.03. The molecular formula is C15H16FN3O3S. The van der Waals surface area contributed by atoms with Crippen molar-refractivity contribution in [3.8, 4) is 0 Å². The maximum Gasteiger partial charge on any atom is 0.244 e. The van der Waals surface area contributed by atoms with Gasteiger partial charge in [0.1, 0.15) is 17.4 Å². The van der Waals surface area contributed by atoms with Crippen LogP contribution < -0.4 is 5.73 Å². The zero-order chi connectivity index (χ0) is 16.6. The summed E-state index contributed by atoms with van der Waals surface area (Å²) >= 11 is 0. The van der Waals surface area contributed by atoms with Gasteiger partial charge >= 0.3 is 0 Å². The van der Waals surface area contributed by atoms with E-state index < -0.39 is 27.8 Å². The fraction of sp³-hybridized carbons (Fsp3) is 0.333. The zero-order valence-electron chi connectivity index (χ0n) is 12.3. The van der Waals surface area contributed by atoms with Crippen molar-refractivity contribution in [2.45, 2.75) is 30.2 Å². The number of primary amides is 1. The van der Waals surface area contributed by atoms with E-state index in [1.54, 1.807) is 6.07 Å². The lowest BCUT2D eigenvalue weighted by Crippen LogP contribution is -2.50. The number of carbonyl (C=O) groups is 1. The Hall–Kier alpha value is -2.06. The van der Waals surface area contributed by atoms with Gasteiger partial charge in [0.25, 0.3) is 0 Å². The number of hydrogen-bond acceptors (Lipinski definition) is 4. The van der Waals surface area contributed by atoms with E-state index in [9.17, 15) is 17.6 Å². The van der Waals surface area contributed by atoms with E-state index >= 15 is 0 Å². The van der Waals surface area contributed by atoms with Gasteiger partial charge in [-0.05, 0) is 37.1 Å². The van der Waals surface area contributed by atoms with Crippen LogP contribution in [0.1, 0.15) is 19.3 Å². The minimum Gasteiger partial charge on any atom is -0.368 e. The van der Waals surface area contributed by atoms with Crippen molar-refractivity contribution in [3.63, 3.8) is 0 Å². The third kappa shape index (κ3) is 2.68. The highest BCUT2D eigenvalue weighted by Crippen LogP contribution is 2.30. The Morgan fingerprint density at radius 1 is 1.30 bits per heavy atom. The first-order chi connectivity index (χ1) is 10.9. The molecule has 0 radical (unpaired) electrons. The summed E-state index contributed by atoms with van der Waals surface area (Å²) in [7, 11) is -3.97. The van der Waals surface area contributed by atoms with Crippen LogP contribution >= 0.6 is 0 Å². The monoisotopic (exact) mass is 337 g/mol. The fourth-order valence-corrected chi connectivity index (χ4v) is 4.79. The molecule has 2 N–H and O–H groups in total. The molecule has 1 atom stereocenters. The number of aromatic nitrogens is 1. The molecule has 2 heterocycles. The number of pyridine rings is 1. The molecular weight excluding hydrogens is 321 g/mol. The Balaban J connectivity index is 2.17. The van der Waals surface area contributed by atoms with Crippen molar-refractivity contribution >= 4 is 26.8 Å². The first kappa shape index (κ1) is 15.8. The molecule has 0 unspecified atom stereocenters. The van der Waals surface area contributed by atoms with Gasteiger partial charge in [-0.1, -0.05) is 6.42 Å². The highest BCUT2D eigenvalue weighted by molar-refractivity contribution is 7.89. The molecule has 23 heavy (non-hydrogen) atoms. The standard InChI is InChI=1S/C15H16FN3O3S/c16-11-6-7-13(10-4-3-8-18-14(10)11)23(21,22)19-9-2-1-5-12(19)15(17)20/h3-4,6-8,12H,1-2,5,9H2,(H2,17,20)/t12-/m1/s1. The number of piperidine rings is 1. The van der Waals surface area contributed by atoms with Gasteiger partial charge in [0, 0.05) is 18.1 Å². The van der Waals surface area contributed by atoms with Crippen molar-refractivity contribution in [2.75, 3.05) is 6.54 Å². The van der Waals surface area contributed by atoms with E-state index in [4.69, 9.17) is 5.73 Å². The molecule has 122 valence electrons. The van der Waals surface area contributed by atoms with Crippen LogP contribution in [0.4, 0.5) is 4.39 Å². The van der Waals surface area contributed by atoms with Crippen LogP contribution in [-0.2, 0) is 14.8 Å². The zero-order valence-corrected chi connectivity index (χ0v) is 13.1. The minimum atomic E-state index is -3.97. The number of benzene rings is 1. The molecule has 0 aliphatic carbocycles. The molecule has 3 rings (SSSR count). The lowest BCUT2D eigenvalue weighted by atomic mass is 10.0. The van der Waals surface area contributed by atoms with Crippen molar-refractivity contribution in [2.24, 2.45) is 5.73 Å². The smallest absolute Gasteiger partial charge is 0.244 e. The first-order valence-corrected chi connectivity index (χ1v) is 8.71. The second-order valence-corrected chi connectivity index (χ2v) is 7.33. The first-order valence-electron chi connectivity index (χ1n) is 7.27. The lowest BCUT2D eigenvalue weighted by molar-refractivity contribution is -0.122. The lowest BCUT2D eigenvalue weighted by Gasteiger charge is -2.32. The number of hydrogen-bond donors (Lipinski definition) is 1. The topological polar surface area (TPSA) is 93.4 Å². The van der Waals surface area contributed by atoms with Gasteiger partial charge in [-0.15, -0.1) is 0 Å². The third-order valence-electron chi connectivity index (χ3n) is 4.05. The number of fused-ring (bicyclic) bond motifs is 1. The maximum atomic E-state index is 13.9. The highest BCUT2D eigenvalue weighted by atomic mass is 32.2. The molecule has 0 saturated carbocycles. The van der Waals surface area contributed by atoms with Crippen molar-refractivity contribution in [1.82, 2.24) is 9.29 Å². The Morgan fingerprint density at radius 2 is 2.09 bits per heavy atom. The van der Waals surface area contributed by atoms with Crippen LogP contribution in [0, 0.1) is 5.82 Å². The number of sulfonamides is 1. The van der Waals surface area contributed by atoms with Crippen LogP contribution in [0.3, 0.4) is 0 Å². The third-order valence-corrected chi connectivity index (χ3v) is 6.02. The normalized spacial score (nSPS) is 19.8. The molecule has 0 bridgehead atoms. The van der Waals surface area contributed by atoms with Crippen LogP contribution in [0.15, 0.2) is 35.4 Å². The summed E-state index contributed by atoms with van der Waals surface area (Å²) in [6.07, 6.45) is 3.19. The van der Waals surface area contributed by atoms with Crippen molar-refractivity contribution < 1.29 is 17.6 Å². The molecule has 1 fully saturated rings. The largest absolute Gasteiger partial charge is 0.368 e. The van der Waals surface area contributed by atoms with Gasteiger partial charge in [-0.2, -0.15) is 4.31 Å². The number of nitrogens with two attached hydrogens (primary N) is 1. The predicted molar refractivity (Wildman–Crippen MR) is 82.4 cm³/mol. The van der Waals surface area contributed by atoms with Gasteiger partial charge in [0.15, 0.2) is 0 Å². The second-order valence-electron chi connectivity index (χ2n) is 5.47. The number of amides is 1. The highest BCUT2D eigenvalue weighted by Gasteiger charge is 2.37. The minimum absolute atomic E-state index is 0.0128. The van der Waals surface area contributed by atoms with Gasteiger partial charge in [-0.25, -0.2) is 12.8 Å². The van der Waals surface area contributed by atoms with Crippen LogP contribution in [0.2, 0.25) is 0 Å². The van der Waals surface area contributed by atoms with Gasteiger partial charge < -0.3 is 5.73 Å². The number of rotatable bonds is 3. The van der Waals surface area contributed by atoms with Crippen LogP contribution in [0.5, 0.6) is 0 Å². The Morgan fingerprint density at radius 3 is 2.83 bits per heavy atom. The molecule has 8 heteroatoms. The number of nitrogens with zero attached hydrogens (tertiary/aromatic N) is 2. The SMILES string of the molecule is NC(=O)[C@H]1CCCCN1S(=O)(=O)c1ccc(F)c2ncccc12. The summed E-state index contributed by atoms with van der Waals surface area (Å²) in [4.78, 5) is 15.4. The maximum absolute atomic E-state index is 13.9. The molecule has 1 aromatic heterocycles. The van der Waals surface area contributed by atoms with Crippen LogP contribution in [-0.4, -0.2) is 36.2 Å². The molecule has 1 aromatic carbocycles. The Labute approximate surface area is 133 Å². The molecule has 1 amide bonds. The Bertz CT molecular complexity index is 869. The van der Waals surface area contributed by atoms with E-state index in [0.29, 0.717) is 12.8 Å². The summed E-state index contributed by atoms with van der Waals surface area (Å²) in [6, 6.07) is 4.46. The van der Waals surface area contributed by atoms with Crippen molar-refractivity contribution in [3.05, 3.63) is 36.3 Å². The average Bonchev–Trinajstić information content (AvgIpc) is 2.55. The molecule has 1 aliphatic heterocycles. The van der Waals surface area contributed by atoms with Gasteiger partial charge in [0.2, 0.25) is 15.9 Å². The van der Waals surface area contributed by atoms with Crippen LogP contribution in [0.25, 0.3) is 10.9 Å². The summed E-state index contributed by atoms with van der Waals surface area (Å²) in [5.74, 6) is -1.26. The number of halogens is 1. The van der Waals surface area contributed by atoms with E-state index in [-0.39, 0.29) is 22.3 Å². The van der Waals surface area contributed by atoms with E-state index in [1.807, 2.05) is 0 Å². The average molecular weight is 337 g/mol. The second kappa shape index (κ2) is 5.86. The molecule has 1 saturated heterocycles. The molecule has 6 nitrogen and oxygen atoms in total. The van der Waals surface area contributed by atoms with E-state index in [0.717, 1.165) is 16.8 Å². The fourth-order valence-electron chi connectivity index (χ4n) is 2.94. The number of carbonyl (C=O) groups excluding carboxylic acids is 1. The molecule has 0 spiro atoms. The van der Waals surface area contributed by atoms with E-state index in [1.165, 1.54) is 18.3 Å². The van der Waals surface area contributed by atoms with Crippen molar-refractivity contribution in [1.29, 1.82) is 0 Å². The quantitative estimate of drug-likeness (QED) is 0.916. The van der Waals surface area contributed by atoms with Gasteiger partial charge in [0.05, 0.1) is 4.90 Å². The summed E-state index contributed by atoms with van der Waals surface area (Å²) in [5, 5.41) is 0.196.